The van der Waals surface area contributed by atoms with E-state index in [0.29, 0.717) is 12.4 Å². The van der Waals surface area contributed by atoms with Gasteiger partial charge in [0.2, 0.25) is 5.91 Å². The molecule has 1 heterocycles. The summed E-state index contributed by atoms with van der Waals surface area (Å²) in [7, 11) is 0. The zero-order chi connectivity index (χ0) is 27.5. The molecular formula is C30H41N5O2. The number of rotatable bonds is 7. The number of aromatic nitrogens is 2. The molecular weight excluding hydrogens is 462 g/mol. The van der Waals surface area contributed by atoms with Crippen molar-refractivity contribution in [3.05, 3.63) is 70.4 Å². The number of anilines is 2. The summed E-state index contributed by atoms with van der Waals surface area (Å²) in [4.78, 5) is 28.1. The number of hydrogen-bond donors (Lipinski definition) is 2. The Kier molecular flexibility index (Phi) is 8.46. The van der Waals surface area contributed by atoms with Crippen molar-refractivity contribution in [2.24, 2.45) is 5.92 Å². The van der Waals surface area contributed by atoms with Gasteiger partial charge >= 0.3 is 6.03 Å². The maximum absolute atomic E-state index is 13.3. The van der Waals surface area contributed by atoms with Crippen LogP contribution < -0.4 is 10.6 Å². The molecule has 1 aromatic heterocycles. The number of nitrogens with zero attached hydrogens (tertiary/aromatic N) is 3. The maximum atomic E-state index is 13.3. The van der Waals surface area contributed by atoms with E-state index in [1.807, 2.05) is 71.0 Å². The number of carbonyl (C=O) groups excluding carboxylic acids is 2. The van der Waals surface area contributed by atoms with Gasteiger partial charge < -0.3 is 15.5 Å². The van der Waals surface area contributed by atoms with E-state index in [4.69, 9.17) is 5.10 Å². The monoisotopic (exact) mass is 503 g/mol. The minimum absolute atomic E-state index is 0.0716. The third-order valence-electron chi connectivity index (χ3n) is 6.25. The minimum atomic E-state index is -0.292. The van der Waals surface area contributed by atoms with E-state index in [2.05, 4.69) is 44.4 Å². The highest BCUT2D eigenvalue weighted by Gasteiger charge is 2.24. The van der Waals surface area contributed by atoms with E-state index in [1.54, 1.807) is 9.58 Å². The van der Waals surface area contributed by atoms with Gasteiger partial charge in [0.1, 0.15) is 12.4 Å². The fourth-order valence-corrected chi connectivity index (χ4v) is 4.28. The Hall–Kier alpha value is -3.61. The SMILES string of the molecule is Cc1ccc(-n2nc(C(C)(C)C)cc2NC(=O)CN(CC(C)C)C(=O)Nc2c(C)cccc2C)c(C)c1. The first kappa shape index (κ1) is 28.0. The first-order valence-corrected chi connectivity index (χ1v) is 12.9. The van der Waals surface area contributed by atoms with E-state index in [1.165, 1.54) is 0 Å². The highest BCUT2D eigenvalue weighted by atomic mass is 16.2. The summed E-state index contributed by atoms with van der Waals surface area (Å²) in [5.41, 5.74) is 6.55. The van der Waals surface area contributed by atoms with Gasteiger partial charge in [-0.05, 0) is 56.4 Å². The quantitative estimate of drug-likeness (QED) is 0.385. The summed E-state index contributed by atoms with van der Waals surface area (Å²) in [6.07, 6.45) is 0. The smallest absolute Gasteiger partial charge is 0.315 e. The number of amides is 3. The van der Waals surface area contributed by atoms with Gasteiger partial charge in [-0.25, -0.2) is 9.48 Å². The molecule has 0 bridgehead atoms. The molecule has 3 rings (SSSR count). The largest absolute Gasteiger partial charge is 0.322 e. The van der Waals surface area contributed by atoms with Crippen LogP contribution >= 0.6 is 0 Å². The Bertz CT molecular complexity index is 1260. The van der Waals surface area contributed by atoms with Crippen molar-refractivity contribution in [3.8, 4) is 5.69 Å². The van der Waals surface area contributed by atoms with Crippen LogP contribution in [0.5, 0.6) is 0 Å². The molecule has 7 nitrogen and oxygen atoms in total. The van der Waals surface area contributed by atoms with Gasteiger partial charge in [0.15, 0.2) is 0 Å². The fourth-order valence-electron chi connectivity index (χ4n) is 4.28. The number of hydrogen-bond acceptors (Lipinski definition) is 3. The molecule has 2 N–H and O–H groups in total. The van der Waals surface area contributed by atoms with Crippen molar-refractivity contribution in [2.75, 3.05) is 23.7 Å². The zero-order valence-corrected chi connectivity index (χ0v) is 23.7. The topological polar surface area (TPSA) is 79.3 Å². The first-order chi connectivity index (χ1) is 17.3. The Morgan fingerprint density at radius 2 is 1.59 bits per heavy atom. The molecule has 0 unspecified atom stereocenters. The molecule has 0 radical (unpaired) electrons. The molecule has 0 saturated heterocycles. The van der Waals surface area contributed by atoms with Gasteiger partial charge in [-0.15, -0.1) is 0 Å². The summed E-state index contributed by atoms with van der Waals surface area (Å²) >= 11 is 0. The van der Waals surface area contributed by atoms with E-state index in [0.717, 1.165) is 39.3 Å². The third kappa shape index (κ3) is 7.00. The molecule has 3 amide bonds. The number of aryl methyl sites for hydroxylation is 4. The molecule has 0 saturated carbocycles. The van der Waals surface area contributed by atoms with E-state index in [9.17, 15) is 9.59 Å². The van der Waals surface area contributed by atoms with Crippen LogP contribution in [0, 0.1) is 33.6 Å². The van der Waals surface area contributed by atoms with Crippen molar-refractivity contribution in [1.82, 2.24) is 14.7 Å². The first-order valence-electron chi connectivity index (χ1n) is 12.9. The van der Waals surface area contributed by atoms with E-state index < -0.39 is 0 Å². The Morgan fingerprint density at radius 1 is 0.946 bits per heavy atom. The lowest BCUT2D eigenvalue weighted by Crippen LogP contribution is -2.42. The summed E-state index contributed by atoms with van der Waals surface area (Å²) in [6.45, 7) is 18.7. The summed E-state index contributed by atoms with van der Waals surface area (Å²) < 4.78 is 1.79. The average Bonchev–Trinajstić information content (AvgIpc) is 3.19. The van der Waals surface area contributed by atoms with Gasteiger partial charge in [-0.2, -0.15) is 5.10 Å². The highest BCUT2D eigenvalue weighted by Crippen LogP contribution is 2.28. The molecule has 0 aliphatic rings. The van der Waals surface area contributed by atoms with Crippen molar-refractivity contribution >= 4 is 23.4 Å². The number of nitrogens with one attached hydrogen (secondary N) is 2. The Balaban J connectivity index is 1.87. The van der Waals surface area contributed by atoms with Crippen molar-refractivity contribution < 1.29 is 9.59 Å². The van der Waals surface area contributed by atoms with Gasteiger partial charge in [0, 0.05) is 23.7 Å². The molecule has 0 fully saturated rings. The summed E-state index contributed by atoms with van der Waals surface area (Å²) in [5.74, 6) is 0.509. The van der Waals surface area contributed by atoms with Crippen LogP contribution in [0.4, 0.5) is 16.3 Å². The Labute approximate surface area is 221 Å². The summed E-state index contributed by atoms with van der Waals surface area (Å²) in [6, 6.07) is 13.7. The molecule has 198 valence electrons. The van der Waals surface area contributed by atoms with Crippen molar-refractivity contribution in [3.63, 3.8) is 0 Å². The second-order valence-corrected chi connectivity index (χ2v) is 11.4. The van der Waals surface area contributed by atoms with Gasteiger partial charge in [0.05, 0.1) is 11.4 Å². The van der Waals surface area contributed by atoms with Crippen molar-refractivity contribution in [2.45, 2.75) is 67.7 Å². The van der Waals surface area contributed by atoms with Gasteiger partial charge in [0.25, 0.3) is 0 Å². The molecule has 37 heavy (non-hydrogen) atoms. The fraction of sp³-hybridized carbons (Fsp3) is 0.433. The van der Waals surface area contributed by atoms with Crippen LogP contribution in [0.15, 0.2) is 42.5 Å². The normalized spacial score (nSPS) is 11.5. The molecule has 0 aliphatic heterocycles. The van der Waals surface area contributed by atoms with Crippen LogP contribution in [0.2, 0.25) is 0 Å². The second kappa shape index (κ2) is 11.2. The van der Waals surface area contributed by atoms with Crippen LogP contribution in [0.25, 0.3) is 5.69 Å². The predicted octanol–water partition coefficient (Wildman–Crippen LogP) is 6.53. The third-order valence-corrected chi connectivity index (χ3v) is 6.25. The van der Waals surface area contributed by atoms with Crippen LogP contribution in [-0.2, 0) is 10.2 Å². The molecule has 3 aromatic rings. The number of benzene rings is 2. The molecule has 7 heteroatoms. The van der Waals surface area contributed by atoms with Gasteiger partial charge in [-0.1, -0.05) is 70.5 Å². The van der Waals surface area contributed by atoms with Crippen LogP contribution in [0.1, 0.15) is 62.6 Å². The molecule has 0 aliphatic carbocycles. The minimum Gasteiger partial charge on any atom is -0.315 e. The predicted molar refractivity (Wildman–Crippen MR) is 152 cm³/mol. The lowest BCUT2D eigenvalue weighted by atomic mass is 9.92. The van der Waals surface area contributed by atoms with Gasteiger partial charge in [-0.3, -0.25) is 4.79 Å². The van der Waals surface area contributed by atoms with Crippen LogP contribution in [-0.4, -0.2) is 39.7 Å². The second-order valence-electron chi connectivity index (χ2n) is 11.4. The molecule has 2 aromatic carbocycles. The van der Waals surface area contributed by atoms with E-state index in [-0.39, 0.29) is 29.8 Å². The zero-order valence-electron chi connectivity index (χ0n) is 23.7. The number of carbonyl (C=O) groups is 2. The lowest BCUT2D eigenvalue weighted by Gasteiger charge is -2.25. The average molecular weight is 504 g/mol. The molecule has 0 spiro atoms. The number of urea groups is 1. The summed E-state index contributed by atoms with van der Waals surface area (Å²) in [5, 5.41) is 10.9. The van der Waals surface area contributed by atoms with E-state index >= 15 is 0 Å². The van der Waals surface area contributed by atoms with Crippen LogP contribution in [0.3, 0.4) is 0 Å². The number of para-hydroxylation sites is 1. The standard InChI is InChI=1S/C30H41N5O2/c1-19(2)17-34(29(37)32-28-21(4)11-10-12-22(28)5)18-27(36)31-26-16-25(30(7,8)9)33-35(26)24-14-13-20(3)15-23(24)6/h10-16,19H,17-18H2,1-9H3,(H,31,36)(H,32,37). The Morgan fingerprint density at radius 3 is 2.16 bits per heavy atom. The van der Waals surface area contributed by atoms with Crippen molar-refractivity contribution in [1.29, 1.82) is 0 Å². The lowest BCUT2D eigenvalue weighted by molar-refractivity contribution is -0.116. The highest BCUT2D eigenvalue weighted by molar-refractivity contribution is 5.97. The maximum Gasteiger partial charge on any atom is 0.322 e. The molecule has 0 atom stereocenters.